The van der Waals surface area contributed by atoms with Crippen molar-refractivity contribution in [1.82, 2.24) is 0 Å². The third kappa shape index (κ3) is 13.8. The van der Waals surface area contributed by atoms with E-state index < -0.39 is 0 Å². The van der Waals surface area contributed by atoms with Crippen molar-refractivity contribution in [3.05, 3.63) is 12.7 Å². The van der Waals surface area contributed by atoms with Crippen molar-refractivity contribution in [3.63, 3.8) is 0 Å². The van der Waals surface area contributed by atoms with Gasteiger partial charge in [-0.3, -0.25) is 0 Å². The van der Waals surface area contributed by atoms with E-state index in [2.05, 4.69) is 26.5 Å². The minimum absolute atomic E-state index is 0.848. The van der Waals surface area contributed by atoms with Crippen molar-refractivity contribution in [2.45, 2.75) is 97.3 Å². The summed E-state index contributed by atoms with van der Waals surface area (Å²) in [5.74, 6) is 0.848. The number of hydrogen-bond acceptors (Lipinski definition) is 0. The van der Waals surface area contributed by atoms with Crippen LogP contribution in [0, 0.1) is 5.92 Å². The van der Waals surface area contributed by atoms with Crippen LogP contribution in [0.1, 0.15) is 97.3 Å². The van der Waals surface area contributed by atoms with Crippen molar-refractivity contribution in [2.24, 2.45) is 5.92 Å². The Kier molecular flexibility index (Phi) is 14.6. The Bertz CT molecular complexity index is 159. The Hall–Kier alpha value is -0.260. The second-order valence-electron chi connectivity index (χ2n) is 5.95. The molecule has 0 aliphatic heterocycles. The van der Waals surface area contributed by atoms with Gasteiger partial charge in [-0.25, -0.2) is 0 Å². The van der Waals surface area contributed by atoms with Gasteiger partial charge in [0, 0.05) is 0 Å². The molecule has 0 aliphatic carbocycles. The molecule has 0 bridgehead atoms. The largest absolute Gasteiger partial charge is 0.103 e. The van der Waals surface area contributed by atoms with Crippen LogP contribution in [-0.4, -0.2) is 0 Å². The molecule has 1 unspecified atom stereocenters. The van der Waals surface area contributed by atoms with Gasteiger partial charge in [0.1, 0.15) is 0 Å². The average Bonchev–Trinajstić information content (AvgIpc) is 2.36. The van der Waals surface area contributed by atoms with E-state index in [1.54, 1.807) is 0 Å². The zero-order valence-electron chi connectivity index (χ0n) is 13.1. The fraction of sp³-hybridized carbons (Fsp3) is 0.889. The molecule has 0 fully saturated rings. The van der Waals surface area contributed by atoms with E-state index in [-0.39, 0.29) is 0 Å². The van der Waals surface area contributed by atoms with Crippen molar-refractivity contribution < 1.29 is 0 Å². The van der Waals surface area contributed by atoms with Crippen LogP contribution in [-0.2, 0) is 0 Å². The maximum atomic E-state index is 3.81. The first-order valence-corrected chi connectivity index (χ1v) is 8.42. The van der Waals surface area contributed by atoms with E-state index in [1.807, 2.05) is 0 Å². The summed E-state index contributed by atoms with van der Waals surface area (Å²) in [6.07, 6.45) is 20.5. The van der Waals surface area contributed by atoms with Gasteiger partial charge in [0.25, 0.3) is 0 Å². The summed E-state index contributed by atoms with van der Waals surface area (Å²) < 4.78 is 0. The highest BCUT2D eigenvalue weighted by molar-refractivity contribution is 4.70. The third-order valence-corrected chi connectivity index (χ3v) is 3.87. The van der Waals surface area contributed by atoms with Gasteiger partial charge in [0.15, 0.2) is 0 Å². The second-order valence-corrected chi connectivity index (χ2v) is 5.95. The lowest BCUT2D eigenvalue weighted by molar-refractivity contribution is 0.483. The molecule has 108 valence electrons. The van der Waals surface area contributed by atoms with E-state index in [9.17, 15) is 0 Å². The molecule has 0 rings (SSSR count). The van der Waals surface area contributed by atoms with E-state index >= 15 is 0 Å². The van der Waals surface area contributed by atoms with E-state index in [1.165, 1.54) is 83.5 Å². The molecular weight excluding hydrogens is 216 g/mol. The molecule has 0 heteroatoms. The molecule has 1 atom stereocenters. The van der Waals surface area contributed by atoms with Crippen LogP contribution in [0.2, 0.25) is 0 Å². The second kappa shape index (κ2) is 14.8. The first kappa shape index (κ1) is 17.7. The van der Waals surface area contributed by atoms with Gasteiger partial charge >= 0.3 is 0 Å². The average molecular weight is 252 g/mol. The first-order valence-electron chi connectivity index (χ1n) is 8.42. The highest BCUT2D eigenvalue weighted by atomic mass is 14.0. The van der Waals surface area contributed by atoms with Crippen LogP contribution in [0.4, 0.5) is 0 Å². The molecule has 0 spiro atoms. The van der Waals surface area contributed by atoms with Gasteiger partial charge in [0.05, 0.1) is 0 Å². The van der Waals surface area contributed by atoms with Crippen LogP contribution >= 0.6 is 0 Å². The summed E-state index contributed by atoms with van der Waals surface area (Å²) >= 11 is 0. The van der Waals surface area contributed by atoms with Gasteiger partial charge in [-0.2, -0.15) is 0 Å². The predicted molar refractivity (Wildman–Crippen MR) is 85.1 cm³/mol. The topological polar surface area (TPSA) is 0 Å². The highest BCUT2D eigenvalue weighted by Gasteiger charge is 1.99. The number of rotatable bonds is 14. The van der Waals surface area contributed by atoms with Crippen LogP contribution in [0.3, 0.4) is 0 Å². The van der Waals surface area contributed by atoms with E-state index in [0.717, 1.165) is 5.92 Å². The summed E-state index contributed by atoms with van der Waals surface area (Å²) in [5, 5.41) is 0. The lowest BCUT2D eigenvalue weighted by Crippen LogP contribution is -1.92. The minimum Gasteiger partial charge on any atom is -0.103 e. The lowest BCUT2D eigenvalue weighted by Gasteiger charge is -2.07. The van der Waals surface area contributed by atoms with Crippen LogP contribution in [0.15, 0.2) is 12.7 Å². The van der Waals surface area contributed by atoms with Crippen molar-refractivity contribution in [1.29, 1.82) is 0 Å². The maximum Gasteiger partial charge on any atom is -0.0328 e. The number of allylic oxidation sites excluding steroid dienone is 1. The Labute approximate surface area is 116 Å². The quantitative estimate of drug-likeness (QED) is 0.233. The highest BCUT2D eigenvalue weighted by Crippen LogP contribution is 2.15. The van der Waals surface area contributed by atoms with Gasteiger partial charge in [0.2, 0.25) is 0 Å². The van der Waals surface area contributed by atoms with Gasteiger partial charge in [-0.1, -0.05) is 97.0 Å². The molecule has 0 saturated carbocycles. The fourth-order valence-corrected chi connectivity index (χ4v) is 2.56. The number of hydrogen-bond donors (Lipinski definition) is 0. The number of unbranched alkanes of at least 4 members (excludes halogenated alkanes) is 10. The standard InChI is InChI=1S/C18H36/c1-4-6-7-8-9-10-11-12-13-14-15-17-18(3)16-5-2/h5,18H,2,4,6-17H2,1,3H3. The minimum atomic E-state index is 0.848. The van der Waals surface area contributed by atoms with Crippen molar-refractivity contribution >= 4 is 0 Å². The van der Waals surface area contributed by atoms with Crippen LogP contribution in [0.5, 0.6) is 0 Å². The van der Waals surface area contributed by atoms with Gasteiger partial charge in [-0.15, -0.1) is 6.58 Å². The maximum absolute atomic E-state index is 3.81. The molecule has 0 nitrogen and oxygen atoms in total. The van der Waals surface area contributed by atoms with Gasteiger partial charge < -0.3 is 0 Å². The lowest BCUT2D eigenvalue weighted by atomic mass is 9.99. The van der Waals surface area contributed by atoms with Gasteiger partial charge in [-0.05, 0) is 12.3 Å². The first-order chi connectivity index (χ1) is 8.81. The zero-order chi connectivity index (χ0) is 13.5. The molecule has 0 saturated heterocycles. The fourth-order valence-electron chi connectivity index (χ4n) is 2.56. The third-order valence-electron chi connectivity index (χ3n) is 3.87. The summed E-state index contributed by atoms with van der Waals surface area (Å²) in [7, 11) is 0. The zero-order valence-corrected chi connectivity index (χ0v) is 13.1. The Morgan fingerprint density at radius 3 is 1.67 bits per heavy atom. The van der Waals surface area contributed by atoms with Crippen LogP contribution < -0.4 is 0 Å². The Morgan fingerprint density at radius 1 is 0.778 bits per heavy atom. The summed E-state index contributed by atoms with van der Waals surface area (Å²) in [5.41, 5.74) is 0. The molecule has 0 amide bonds. The molecule has 0 aromatic carbocycles. The molecule has 0 radical (unpaired) electrons. The monoisotopic (exact) mass is 252 g/mol. The normalized spacial score (nSPS) is 12.6. The van der Waals surface area contributed by atoms with E-state index in [0.29, 0.717) is 0 Å². The Balaban J connectivity index is 3.00. The molecule has 0 N–H and O–H groups in total. The van der Waals surface area contributed by atoms with Crippen molar-refractivity contribution in [3.8, 4) is 0 Å². The SMILES string of the molecule is C=CCC(C)CCCCCCCCCCCCC. The molecular formula is C18H36. The predicted octanol–water partition coefficient (Wildman–Crippen LogP) is 6.90. The molecule has 0 heterocycles. The summed E-state index contributed by atoms with van der Waals surface area (Å²) in [6, 6.07) is 0. The molecule has 0 aromatic heterocycles. The molecule has 0 aliphatic rings. The summed E-state index contributed by atoms with van der Waals surface area (Å²) in [4.78, 5) is 0. The van der Waals surface area contributed by atoms with Crippen LogP contribution in [0.25, 0.3) is 0 Å². The summed E-state index contributed by atoms with van der Waals surface area (Å²) in [6.45, 7) is 8.44. The van der Waals surface area contributed by atoms with E-state index in [4.69, 9.17) is 0 Å². The Morgan fingerprint density at radius 2 is 1.22 bits per heavy atom. The molecule has 18 heavy (non-hydrogen) atoms. The molecule has 0 aromatic rings. The van der Waals surface area contributed by atoms with Crippen molar-refractivity contribution in [2.75, 3.05) is 0 Å². The smallest absolute Gasteiger partial charge is 0.0328 e.